The molecule has 1 nitrogen and oxygen atoms in total. The number of aliphatic hydroxyl groups is 1. The molecule has 0 aliphatic rings. The normalized spacial score (nSPS) is 10.5. The van der Waals surface area contributed by atoms with E-state index in [4.69, 9.17) is 16.7 Å². The Hall–Kier alpha value is -0.120. The Labute approximate surface area is 89.7 Å². The van der Waals surface area contributed by atoms with E-state index in [-0.39, 0.29) is 11.6 Å². The Balaban J connectivity index is 2.90. The van der Waals surface area contributed by atoms with Crippen molar-refractivity contribution < 1.29 is 9.50 Å². The molecular formula is C9H9BrClFO. The van der Waals surface area contributed by atoms with Gasteiger partial charge in [0.25, 0.3) is 0 Å². The van der Waals surface area contributed by atoms with Crippen LogP contribution in [0.1, 0.15) is 12.0 Å². The molecular weight excluding hydrogens is 258 g/mol. The number of halogens is 3. The Morgan fingerprint density at radius 3 is 2.77 bits per heavy atom. The van der Waals surface area contributed by atoms with Crippen molar-refractivity contribution in [1.82, 2.24) is 0 Å². The lowest BCUT2D eigenvalue weighted by Gasteiger charge is -2.05. The van der Waals surface area contributed by atoms with Crippen LogP contribution < -0.4 is 0 Å². The summed E-state index contributed by atoms with van der Waals surface area (Å²) in [6, 6.07) is 3.28. The summed E-state index contributed by atoms with van der Waals surface area (Å²) >= 11 is 8.69. The van der Waals surface area contributed by atoms with Crippen LogP contribution in [0.4, 0.5) is 4.39 Å². The molecule has 13 heavy (non-hydrogen) atoms. The number of aliphatic hydroxyl groups excluding tert-OH is 1. The molecule has 0 saturated carbocycles. The minimum absolute atomic E-state index is 0.108. The minimum atomic E-state index is -0.433. The summed E-state index contributed by atoms with van der Waals surface area (Å²) in [5, 5.41) is 8.72. The van der Waals surface area contributed by atoms with Gasteiger partial charge in [-0.2, -0.15) is 0 Å². The fourth-order valence-electron chi connectivity index (χ4n) is 1.03. The molecule has 0 aliphatic carbocycles. The highest BCUT2D eigenvalue weighted by Gasteiger charge is 2.08. The molecule has 0 amide bonds. The molecule has 1 aromatic rings. The third-order valence-electron chi connectivity index (χ3n) is 1.72. The van der Waals surface area contributed by atoms with Gasteiger partial charge in [0.2, 0.25) is 0 Å². The minimum Gasteiger partial charge on any atom is -0.396 e. The number of benzene rings is 1. The molecule has 0 fully saturated rings. The van der Waals surface area contributed by atoms with Crippen molar-refractivity contribution in [2.75, 3.05) is 6.61 Å². The molecule has 0 aromatic heterocycles. The first-order valence-corrected chi connectivity index (χ1v) is 5.07. The van der Waals surface area contributed by atoms with E-state index in [0.717, 1.165) is 5.56 Å². The quantitative estimate of drug-likeness (QED) is 0.834. The lowest BCUT2D eigenvalue weighted by molar-refractivity contribution is 0.288. The summed E-state index contributed by atoms with van der Waals surface area (Å²) in [6.07, 6.45) is 1.27. The van der Waals surface area contributed by atoms with Gasteiger partial charge in [-0.25, -0.2) is 4.39 Å². The molecule has 0 aliphatic heterocycles. The van der Waals surface area contributed by atoms with Gasteiger partial charge < -0.3 is 5.11 Å². The first kappa shape index (κ1) is 11.0. The van der Waals surface area contributed by atoms with Gasteiger partial charge in [-0.05, 0) is 40.4 Å². The highest BCUT2D eigenvalue weighted by atomic mass is 79.9. The lowest BCUT2D eigenvalue weighted by Crippen LogP contribution is -1.93. The highest BCUT2D eigenvalue weighted by molar-refractivity contribution is 9.10. The van der Waals surface area contributed by atoms with E-state index in [1.807, 2.05) is 0 Å². The van der Waals surface area contributed by atoms with Gasteiger partial charge in [-0.3, -0.25) is 0 Å². The number of hydrogen-bond acceptors (Lipinski definition) is 1. The fourth-order valence-corrected chi connectivity index (χ4v) is 1.84. The third kappa shape index (κ3) is 2.66. The maximum Gasteiger partial charge on any atom is 0.156 e. The van der Waals surface area contributed by atoms with Crippen molar-refractivity contribution in [1.29, 1.82) is 0 Å². The fraction of sp³-hybridized carbons (Fsp3) is 0.333. The molecule has 0 unspecified atom stereocenters. The monoisotopic (exact) mass is 266 g/mol. The van der Waals surface area contributed by atoms with E-state index >= 15 is 0 Å². The molecule has 0 radical (unpaired) electrons. The van der Waals surface area contributed by atoms with Crippen LogP contribution in [0.3, 0.4) is 0 Å². The van der Waals surface area contributed by atoms with Crippen LogP contribution in [-0.2, 0) is 6.42 Å². The number of aryl methyl sites for hydroxylation is 1. The second-order valence-corrected chi connectivity index (χ2v) is 3.86. The van der Waals surface area contributed by atoms with Crippen molar-refractivity contribution in [3.63, 3.8) is 0 Å². The van der Waals surface area contributed by atoms with Crippen molar-refractivity contribution in [2.45, 2.75) is 12.8 Å². The van der Waals surface area contributed by atoms with Gasteiger partial charge in [-0.1, -0.05) is 17.7 Å². The average Bonchev–Trinajstić information content (AvgIpc) is 2.13. The summed E-state index contributed by atoms with van der Waals surface area (Å²) in [4.78, 5) is 0. The zero-order valence-electron chi connectivity index (χ0n) is 6.86. The van der Waals surface area contributed by atoms with Gasteiger partial charge in [0.05, 0.1) is 9.50 Å². The molecule has 4 heteroatoms. The molecule has 0 bridgehead atoms. The number of hydrogen-bond donors (Lipinski definition) is 1. The largest absolute Gasteiger partial charge is 0.396 e. The zero-order chi connectivity index (χ0) is 9.84. The molecule has 72 valence electrons. The van der Waals surface area contributed by atoms with Crippen LogP contribution in [0, 0.1) is 5.82 Å². The summed E-state index contributed by atoms with van der Waals surface area (Å²) in [7, 11) is 0. The summed E-state index contributed by atoms with van der Waals surface area (Å²) in [5.74, 6) is -0.433. The van der Waals surface area contributed by atoms with E-state index in [0.29, 0.717) is 17.3 Å². The summed E-state index contributed by atoms with van der Waals surface area (Å²) < 4.78 is 13.6. The predicted octanol–water partition coefficient (Wildman–Crippen LogP) is 3.17. The topological polar surface area (TPSA) is 20.2 Å². The SMILES string of the molecule is OCCCc1ccc(Cl)c(F)c1Br. The van der Waals surface area contributed by atoms with Crippen molar-refractivity contribution in [3.05, 3.63) is 33.0 Å². The molecule has 0 heterocycles. The van der Waals surface area contributed by atoms with Gasteiger partial charge in [0.1, 0.15) is 0 Å². The molecule has 0 atom stereocenters. The summed E-state index contributed by atoms with van der Waals surface area (Å²) in [5.41, 5.74) is 0.830. The first-order chi connectivity index (χ1) is 6.16. The second kappa shape index (κ2) is 4.94. The second-order valence-electron chi connectivity index (χ2n) is 2.66. The maximum atomic E-state index is 13.2. The standard InChI is InChI=1S/C9H9BrClFO/c10-8-6(2-1-5-13)3-4-7(11)9(8)12/h3-4,13H,1-2,5H2. The lowest BCUT2D eigenvalue weighted by atomic mass is 10.1. The van der Waals surface area contributed by atoms with Crippen molar-refractivity contribution in [3.8, 4) is 0 Å². The molecule has 1 rings (SSSR count). The summed E-state index contributed by atoms with van der Waals surface area (Å²) in [6.45, 7) is 0.108. The van der Waals surface area contributed by atoms with Gasteiger partial charge in [0.15, 0.2) is 5.82 Å². The first-order valence-electron chi connectivity index (χ1n) is 3.90. The third-order valence-corrected chi connectivity index (χ3v) is 2.87. The van der Waals surface area contributed by atoms with E-state index in [2.05, 4.69) is 15.9 Å². The average molecular weight is 268 g/mol. The number of rotatable bonds is 3. The van der Waals surface area contributed by atoms with Crippen LogP contribution in [0.15, 0.2) is 16.6 Å². The zero-order valence-corrected chi connectivity index (χ0v) is 9.20. The Bertz CT molecular complexity index is 304. The van der Waals surface area contributed by atoms with Crippen molar-refractivity contribution in [2.24, 2.45) is 0 Å². The van der Waals surface area contributed by atoms with Crippen LogP contribution in [0.2, 0.25) is 5.02 Å². The molecule has 0 spiro atoms. The van der Waals surface area contributed by atoms with E-state index in [1.165, 1.54) is 6.07 Å². The predicted molar refractivity (Wildman–Crippen MR) is 54.5 cm³/mol. The Morgan fingerprint density at radius 2 is 2.15 bits per heavy atom. The van der Waals surface area contributed by atoms with Gasteiger partial charge >= 0.3 is 0 Å². The highest BCUT2D eigenvalue weighted by Crippen LogP contribution is 2.27. The van der Waals surface area contributed by atoms with Crippen LogP contribution in [0.5, 0.6) is 0 Å². The van der Waals surface area contributed by atoms with E-state index in [1.54, 1.807) is 6.07 Å². The van der Waals surface area contributed by atoms with E-state index in [9.17, 15) is 4.39 Å². The molecule has 0 saturated heterocycles. The van der Waals surface area contributed by atoms with Crippen LogP contribution in [-0.4, -0.2) is 11.7 Å². The Kier molecular flexibility index (Phi) is 4.16. The smallest absolute Gasteiger partial charge is 0.156 e. The van der Waals surface area contributed by atoms with E-state index < -0.39 is 5.82 Å². The van der Waals surface area contributed by atoms with Gasteiger partial charge in [0, 0.05) is 6.61 Å². The molecule has 1 N–H and O–H groups in total. The van der Waals surface area contributed by atoms with Crippen molar-refractivity contribution >= 4 is 27.5 Å². The van der Waals surface area contributed by atoms with Gasteiger partial charge in [-0.15, -0.1) is 0 Å². The molecule has 1 aromatic carbocycles. The Morgan fingerprint density at radius 1 is 1.46 bits per heavy atom. The maximum absolute atomic E-state index is 13.2. The van der Waals surface area contributed by atoms with Crippen LogP contribution in [0.25, 0.3) is 0 Å². The van der Waals surface area contributed by atoms with Crippen LogP contribution >= 0.6 is 27.5 Å².